The normalized spacial score (nSPS) is 11.3. The third-order valence-corrected chi connectivity index (χ3v) is 5.28. The van der Waals surface area contributed by atoms with E-state index in [1.165, 1.54) is 16.9 Å². The van der Waals surface area contributed by atoms with E-state index in [1.807, 2.05) is 31.2 Å². The molecule has 0 radical (unpaired) electrons. The maximum absolute atomic E-state index is 12.3. The zero-order valence-electron chi connectivity index (χ0n) is 13.8. The molecule has 0 bridgehead atoms. The fraction of sp³-hybridized carbons (Fsp3) is 0.353. The lowest BCUT2D eigenvalue weighted by Gasteiger charge is -2.18. The van der Waals surface area contributed by atoms with Crippen molar-refractivity contribution in [1.82, 2.24) is 10.2 Å². The molecule has 1 heterocycles. The van der Waals surface area contributed by atoms with Crippen molar-refractivity contribution in [1.29, 1.82) is 0 Å². The second-order valence-corrected chi connectivity index (χ2v) is 8.60. The minimum Gasteiger partial charge on any atom is -0.296 e. The summed E-state index contributed by atoms with van der Waals surface area (Å²) in [5.41, 5.74) is 2.96. The van der Waals surface area contributed by atoms with Crippen LogP contribution in [0.1, 0.15) is 43.6 Å². The number of thioether (sulfide) groups is 1. The molecule has 0 aliphatic rings. The summed E-state index contributed by atoms with van der Waals surface area (Å²) in [4.78, 5) is 12.3. The number of hydrogen-bond donors (Lipinski definition) is 1. The summed E-state index contributed by atoms with van der Waals surface area (Å²) in [7, 11) is 0. The lowest BCUT2D eigenvalue weighted by molar-refractivity contribution is 0.102. The zero-order valence-corrected chi connectivity index (χ0v) is 15.5. The number of nitrogens with one attached hydrogen (secondary N) is 1. The van der Waals surface area contributed by atoms with Crippen LogP contribution in [0.4, 0.5) is 5.13 Å². The molecular weight excluding hydrogens is 326 g/mol. The molecule has 1 aromatic heterocycles. The predicted octanol–water partition coefficient (Wildman–Crippen LogP) is 4.76. The van der Waals surface area contributed by atoms with Gasteiger partial charge in [-0.2, -0.15) is 0 Å². The molecule has 0 fully saturated rings. The van der Waals surface area contributed by atoms with Crippen LogP contribution in [-0.2, 0) is 5.41 Å². The van der Waals surface area contributed by atoms with E-state index < -0.39 is 0 Å². The van der Waals surface area contributed by atoms with E-state index in [1.54, 1.807) is 11.8 Å². The van der Waals surface area contributed by atoms with Gasteiger partial charge in [0, 0.05) is 11.3 Å². The quantitative estimate of drug-likeness (QED) is 0.481. The van der Waals surface area contributed by atoms with Crippen molar-refractivity contribution in [3.8, 4) is 0 Å². The van der Waals surface area contributed by atoms with Crippen LogP contribution in [-0.4, -0.2) is 21.9 Å². The van der Waals surface area contributed by atoms with Crippen molar-refractivity contribution in [2.75, 3.05) is 11.1 Å². The number of nitrogens with zero attached hydrogens (tertiary/aromatic N) is 2. The first-order valence-electron chi connectivity index (χ1n) is 7.28. The Hall–Kier alpha value is -1.66. The highest BCUT2D eigenvalue weighted by molar-refractivity contribution is 8.01. The maximum atomic E-state index is 12.3. The van der Waals surface area contributed by atoms with E-state index >= 15 is 0 Å². The molecule has 0 aliphatic heterocycles. The standard InChI is InChI=1S/C17H21N3OS2/c1-11(2)10-22-16-20-19-15(23-16)18-14(21)12-6-8-13(9-7-12)17(3,4)5/h6-9H,1,10H2,2-5H3,(H,18,19,21). The van der Waals surface area contributed by atoms with Gasteiger partial charge in [0.2, 0.25) is 5.13 Å². The van der Waals surface area contributed by atoms with E-state index in [0.29, 0.717) is 10.7 Å². The Morgan fingerprint density at radius 3 is 2.48 bits per heavy atom. The van der Waals surface area contributed by atoms with E-state index in [4.69, 9.17) is 0 Å². The first-order valence-corrected chi connectivity index (χ1v) is 9.08. The average Bonchev–Trinajstić information content (AvgIpc) is 2.92. The smallest absolute Gasteiger partial charge is 0.257 e. The third-order valence-electron chi connectivity index (χ3n) is 3.08. The van der Waals surface area contributed by atoms with Crippen molar-refractivity contribution in [2.45, 2.75) is 37.4 Å². The van der Waals surface area contributed by atoms with Crippen molar-refractivity contribution in [3.05, 3.63) is 47.5 Å². The molecule has 2 rings (SSSR count). The van der Waals surface area contributed by atoms with E-state index in [-0.39, 0.29) is 11.3 Å². The van der Waals surface area contributed by atoms with Gasteiger partial charge in [0.25, 0.3) is 5.91 Å². The summed E-state index contributed by atoms with van der Waals surface area (Å²) in [6.07, 6.45) is 0. The van der Waals surface area contributed by atoms with Crippen LogP contribution in [0.3, 0.4) is 0 Å². The number of hydrogen-bond acceptors (Lipinski definition) is 5. The molecule has 0 unspecified atom stereocenters. The zero-order chi connectivity index (χ0) is 17.0. The first kappa shape index (κ1) is 17.7. The molecule has 23 heavy (non-hydrogen) atoms. The Balaban J connectivity index is 2.00. The van der Waals surface area contributed by atoms with Crippen LogP contribution in [0.2, 0.25) is 0 Å². The predicted molar refractivity (Wildman–Crippen MR) is 98.5 cm³/mol. The van der Waals surface area contributed by atoms with Crippen LogP contribution < -0.4 is 5.32 Å². The number of carbonyl (C=O) groups is 1. The summed E-state index contributed by atoms with van der Waals surface area (Å²) < 4.78 is 0.825. The van der Waals surface area contributed by atoms with E-state index in [0.717, 1.165) is 15.7 Å². The van der Waals surface area contributed by atoms with Gasteiger partial charge in [-0.25, -0.2) is 0 Å². The third kappa shape index (κ3) is 5.18. The molecule has 0 saturated heterocycles. The monoisotopic (exact) mass is 347 g/mol. The molecule has 0 spiro atoms. The van der Waals surface area contributed by atoms with E-state index in [9.17, 15) is 4.79 Å². The van der Waals surface area contributed by atoms with Crippen molar-refractivity contribution < 1.29 is 4.79 Å². The number of amides is 1. The molecule has 0 atom stereocenters. The molecule has 2 aromatic rings. The summed E-state index contributed by atoms with van der Waals surface area (Å²) in [5.74, 6) is 0.634. The molecule has 0 saturated carbocycles. The Labute approximate surface area is 145 Å². The Bertz CT molecular complexity index is 699. The van der Waals surface area contributed by atoms with Gasteiger partial charge in [-0.15, -0.1) is 10.2 Å². The number of carbonyl (C=O) groups excluding carboxylic acids is 1. The average molecular weight is 348 g/mol. The molecule has 4 nitrogen and oxygen atoms in total. The minimum absolute atomic E-state index is 0.0731. The van der Waals surface area contributed by atoms with Gasteiger partial charge in [0.15, 0.2) is 4.34 Å². The fourth-order valence-corrected chi connectivity index (χ4v) is 3.38. The lowest BCUT2D eigenvalue weighted by atomic mass is 9.87. The van der Waals surface area contributed by atoms with Crippen molar-refractivity contribution in [3.63, 3.8) is 0 Å². The van der Waals surface area contributed by atoms with Crippen molar-refractivity contribution >= 4 is 34.1 Å². The fourth-order valence-electron chi connectivity index (χ4n) is 1.79. The van der Waals surface area contributed by atoms with Gasteiger partial charge in [0.1, 0.15) is 0 Å². The summed E-state index contributed by atoms with van der Waals surface area (Å²) in [5, 5.41) is 11.4. The Morgan fingerprint density at radius 1 is 1.26 bits per heavy atom. The SMILES string of the molecule is C=C(C)CSc1nnc(NC(=O)c2ccc(C(C)(C)C)cc2)s1. The van der Waals surface area contributed by atoms with Gasteiger partial charge < -0.3 is 0 Å². The molecule has 1 aromatic carbocycles. The molecular formula is C17H21N3OS2. The molecule has 1 N–H and O–H groups in total. The van der Waals surface area contributed by atoms with Gasteiger partial charge in [-0.1, -0.05) is 68.2 Å². The Kier molecular flexibility index (Phi) is 5.59. The first-order chi connectivity index (χ1) is 10.8. The van der Waals surface area contributed by atoms with Gasteiger partial charge in [-0.3, -0.25) is 10.1 Å². The maximum Gasteiger partial charge on any atom is 0.257 e. The molecule has 122 valence electrons. The second kappa shape index (κ2) is 7.27. The minimum atomic E-state index is -0.168. The number of aromatic nitrogens is 2. The van der Waals surface area contributed by atoms with Gasteiger partial charge in [0.05, 0.1) is 0 Å². The molecule has 0 aliphatic carbocycles. The van der Waals surface area contributed by atoms with Gasteiger partial charge >= 0.3 is 0 Å². The largest absolute Gasteiger partial charge is 0.296 e. The highest BCUT2D eigenvalue weighted by Gasteiger charge is 2.15. The van der Waals surface area contributed by atoms with E-state index in [2.05, 4.69) is 42.9 Å². The lowest BCUT2D eigenvalue weighted by Crippen LogP contribution is -2.14. The highest BCUT2D eigenvalue weighted by Crippen LogP contribution is 2.27. The summed E-state index contributed by atoms with van der Waals surface area (Å²) >= 11 is 2.94. The van der Waals surface area contributed by atoms with Crippen LogP contribution in [0, 0.1) is 0 Å². The van der Waals surface area contributed by atoms with Gasteiger partial charge in [-0.05, 0) is 30.0 Å². The van der Waals surface area contributed by atoms with Crippen LogP contribution in [0.25, 0.3) is 0 Å². The van der Waals surface area contributed by atoms with Crippen LogP contribution in [0.15, 0.2) is 40.8 Å². The second-order valence-electron chi connectivity index (χ2n) is 6.40. The highest BCUT2D eigenvalue weighted by atomic mass is 32.2. The topological polar surface area (TPSA) is 54.9 Å². The molecule has 6 heteroatoms. The Morgan fingerprint density at radius 2 is 1.91 bits per heavy atom. The number of anilines is 1. The summed E-state index contributed by atoms with van der Waals surface area (Å²) in [6, 6.07) is 7.66. The van der Waals surface area contributed by atoms with Crippen LogP contribution in [0.5, 0.6) is 0 Å². The molecule has 1 amide bonds. The summed E-state index contributed by atoms with van der Waals surface area (Å²) in [6.45, 7) is 12.3. The number of rotatable bonds is 5. The van der Waals surface area contributed by atoms with Crippen LogP contribution >= 0.6 is 23.1 Å². The van der Waals surface area contributed by atoms with Crippen molar-refractivity contribution in [2.24, 2.45) is 0 Å². The number of benzene rings is 1.